The van der Waals surface area contributed by atoms with Gasteiger partial charge in [-0.1, -0.05) is 30.3 Å². The predicted molar refractivity (Wildman–Crippen MR) is 85.4 cm³/mol. The number of hydrogen-bond acceptors (Lipinski definition) is 3. The smallest absolute Gasteiger partial charge is 0.211 e. The molecule has 0 aliphatic rings. The van der Waals surface area contributed by atoms with Crippen LogP contribution in [0.25, 0.3) is 0 Å². The Morgan fingerprint density at radius 2 is 1.90 bits per heavy atom. The highest BCUT2D eigenvalue weighted by Gasteiger charge is 2.01. The van der Waals surface area contributed by atoms with Crippen LogP contribution in [0.1, 0.15) is 16.7 Å². The fourth-order valence-corrected chi connectivity index (χ4v) is 1.81. The maximum absolute atomic E-state index is 5.81. The van der Waals surface area contributed by atoms with E-state index in [4.69, 9.17) is 16.2 Å². The average molecular weight is 282 g/mol. The Bertz CT molecular complexity index is 647. The maximum atomic E-state index is 5.81. The van der Waals surface area contributed by atoms with E-state index in [0.29, 0.717) is 6.61 Å². The first-order valence-electron chi connectivity index (χ1n) is 6.54. The highest BCUT2D eigenvalue weighted by molar-refractivity contribution is 5.82. The Labute approximate surface area is 124 Å². The molecule has 0 aliphatic carbocycles. The minimum absolute atomic E-state index is 0.0641. The van der Waals surface area contributed by atoms with Crippen molar-refractivity contribution in [1.82, 2.24) is 0 Å². The largest absolute Gasteiger partial charge is 0.489 e. The maximum Gasteiger partial charge on any atom is 0.211 e. The third-order valence-electron chi connectivity index (χ3n) is 2.82. The Morgan fingerprint density at radius 3 is 2.57 bits per heavy atom. The zero-order chi connectivity index (χ0) is 15.1. The van der Waals surface area contributed by atoms with E-state index < -0.39 is 0 Å². The van der Waals surface area contributed by atoms with Crippen molar-refractivity contribution in [3.05, 3.63) is 65.2 Å². The molecule has 0 saturated heterocycles. The number of guanidine groups is 1. The lowest BCUT2D eigenvalue weighted by molar-refractivity contribution is 0.304. The second-order valence-electron chi connectivity index (χ2n) is 4.57. The van der Waals surface area contributed by atoms with Gasteiger partial charge in [-0.3, -0.25) is 0 Å². The summed E-state index contributed by atoms with van der Waals surface area (Å²) in [5.74, 6) is 0.781. The molecule has 2 aromatic rings. The molecule has 108 valence electrons. The molecule has 0 amide bonds. The van der Waals surface area contributed by atoms with Crippen LogP contribution in [0.5, 0.6) is 5.75 Å². The van der Waals surface area contributed by atoms with Gasteiger partial charge < -0.3 is 16.2 Å². The molecule has 0 radical (unpaired) electrons. The van der Waals surface area contributed by atoms with E-state index >= 15 is 0 Å². The van der Waals surface area contributed by atoms with Gasteiger partial charge in [0.1, 0.15) is 12.4 Å². The van der Waals surface area contributed by atoms with Gasteiger partial charge in [-0.2, -0.15) is 5.10 Å². The van der Waals surface area contributed by atoms with Gasteiger partial charge in [-0.15, -0.1) is 5.10 Å². The number of hydrogen-bond donors (Lipinski definition) is 2. The van der Waals surface area contributed by atoms with Crippen LogP contribution in [-0.2, 0) is 6.61 Å². The van der Waals surface area contributed by atoms with Gasteiger partial charge in [-0.05, 0) is 41.8 Å². The number of rotatable bonds is 5. The summed E-state index contributed by atoms with van der Waals surface area (Å²) in [6.45, 7) is 2.53. The highest BCUT2D eigenvalue weighted by atomic mass is 16.5. The monoisotopic (exact) mass is 282 g/mol. The molecular formula is C16H18N4O. The number of nitrogens with zero attached hydrogens (tertiary/aromatic N) is 2. The van der Waals surface area contributed by atoms with Crippen molar-refractivity contribution in [1.29, 1.82) is 0 Å². The lowest BCUT2D eigenvalue weighted by Crippen LogP contribution is -2.21. The molecule has 0 fully saturated rings. The highest BCUT2D eigenvalue weighted by Crippen LogP contribution is 2.19. The minimum Gasteiger partial charge on any atom is -0.489 e. The van der Waals surface area contributed by atoms with Crippen LogP contribution in [0.2, 0.25) is 0 Å². The zero-order valence-electron chi connectivity index (χ0n) is 11.9. The van der Waals surface area contributed by atoms with E-state index in [1.54, 1.807) is 6.21 Å². The second kappa shape index (κ2) is 7.09. The van der Waals surface area contributed by atoms with Gasteiger partial charge in [0.05, 0.1) is 6.21 Å². The lowest BCUT2D eigenvalue weighted by Gasteiger charge is -2.09. The van der Waals surface area contributed by atoms with Crippen LogP contribution >= 0.6 is 0 Å². The molecule has 0 unspecified atom stereocenters. The summed E-state index contributed by atoms with van der Waals surface area (Å²) >= 11 is 0. The van der Waals surface area contributed by atoms with Crippen molar-refractivity contribution in [3.63, 3.8) is 0 Å². The Balaban J connectivity index is 2.02. The molecule has 4 N–H and O–H groups in total. The van der Waals surface area contributed by atoms with Crippen molar-refractivity contribution in [2.24, 2.45) is 21.7 Å². The summed E-state index contributed by atoms with van der Waals surface area (Å²) < 4.78 is 5.81. The quantitative estimate of drug-likeness (QED) is 0.500. The van der Waals surface area contributed by atoms with Gasteiger partial charge in [0.2, 0.25) is 5.96 Å². The number of benzene rings is 2. The number of aryl methyl sites for hydroxylation is 1. The van der Waals surface area contributed by atoms with Crippen molar-refractivity contribution in [3.8, 4) is 5.75 Å². The molecule has 0 atom stereocenters. The molecule has 5 nitrogen and oxygen atoms in total. The molecular weight excluding hydrogens is 264 g/mol. The van der Waals surface area contributed by atoms with Gasteiger partial charge in [0.25, 0.3) is 0 Å². The summed E-state index contributed by atoms with van der Waals surface area (Å²) in [6, 6.07) is 15.8. The van der Waals surface area contributed by atoms with Crippen LogP contribution < -0.4 is 16.2 Å². The van der Waals surface area contributed by atoms with E-state index in [9.17, 15) is 0 Å². The van der Waals surface area contributed by atoms with Crippen molar-refractivity contribution >= 4 is 12.2 Å². The summed E-state index contributed by atoms with van der Waals surface area (Å²) in [4.78, 5) is 0. The minimum atomic E-state index is -0.0641. The molecule has 0 spiro atoms. The first kappa shape index (κ1) is 14.6. The summed E-state index contributed by atoms with van der Waals surface area (Å²) in [7, 11) is 0. The number of ether oxygens (including phenoxy) is 1. The van der Waals surface area contributed by atoms with Crippen LogP contribution in [0, 0.1) is 6.92 Å². The molecule has 21 heavy (non-hydrogen) atoms. The Kier molecular flexibility index (Phi) is 4.93. The fraction of sp³-hybridized carbons (Fsp3) is 0.125. The zero-order valence-corrected chi connectivity index (χ0v) is 11.9. The van der Waals surface area contributed by atoms with Crippen molar-refractivity contribution in [2.75, 3.05) is 0 Å². The van der Waals surface area contributed by atoms with Gasteiger partial charge in [0.15, 0.2) is 0 Å². The first-order chi connectivity index (χ1) is 10.1. The summed E-state index contributed by atoms with van der Waals surface area (Å²) in [5.41, 5.74) is 13.5. The third kappa shape index (κ3) is 4.65. The normalized spacial score (nSPS) is 10.5. The van der Waals surface area contributed by atoms with Crippen molar-refractivity contribution in [2.45, 2.75) is 13.5 Å². The molecule has 0 aliphatic heterocycles. The van der Waals surface area contributed by atoms with Crippen molar-refractivity contribution < 1.29 is 4.74 Å². The van der Waals surface area contributed by atoms with Gasteiger partial charge in [0, 0.05) is 0 Å². The number of nitrogens with two attached hydrogens (primary N) is 2. The summed E-state index contributed by atoms with van der Waals surface area (Å²) in [6.07, 6.45) is 1.59. The standard InChI is InChI=1S/C16H18N4O/c1-12-9-14(10-19-20-16(17)18)7-8-15(12)21-11-13-5-3-2-4-6-13/h2-10H,11H2,1H3,(H4,17,18,20). The lowest BCUT2D eigenvalue weighted by atomic mass is 10.1. The molecule has 0 aromatic heterocycles. The van der Waals surface area contributed by atoms with E-state index in [-0.39, 0.29) is 5.96 Å². The molecule has 0 saturated carbocycles. The molecule has 2 aromatic carbocycles. The van der Waals surface area contributed by atoms with E-state index in [2.05, 4.69) is 10.2 Å². The van der Waals surface area contributed by atoms with E-state index in [0.717, 1.165) is 22.4 Å². The third-order valence-corrected chi connectivity index (χ3v) is 2.82. The predicted octanol–water partition coefficient (Wildman–Crippen LogP) is 2.18. The second-order valence-corrected chi connectivity index (χ2v) is 4.57. The van der Waals surface area contributed by atoms with Gasteiger partial charge >= 0.3 is 0 Å². The van der Waals surface area contributed by atoms with Crippen LogP contribution in [-0.4, -0.2) is 12.2 Å². The van der Waals surface area contributed by atoms with Crippen LogP contribution in [0.3, 0.4) is 0 Å². The molecule has 0 heterocycles. The van der Waals surface area contributed by atoms with E-state index in [1.165, 1.54) is 0 Å². The first-order valence-corrected chi connectivity index (χ1v) is 6.54. The average Bonchev–Trinajstić information content (AvgIpc) is 2.47. The topological polar surface area (TPSA) is 86.0 Å². The van der Waals surface area contributed by atoms with Crippen LogP contribution in [0.15, 0.2) is 58.7 Å². The SMILES string of the molecule is Cc1cc(C=NN=C(N)N)ccc1OCc1ccccc1. The Hall–Kier alpha value is -2.82. The molecule has 5 heteroatoms. The van der Waals surface area contributed by atoms with Crippen LogP contribution in [0.4, 0.5) is 0 Å². The Morgan fingerprint density at radius 1 is 1.14 bits per heavy atom. The summed E-state index contributed by atoms with van der Waals surface area (Å²) in [5, 5.41) is 7.34. The van der Waals surface area contributed by atoms with Gasteiger partial charge in [-0.25, -0.2) is 0 Å². The molecule has 0 bridgehead atoms. The van der Waals surface area contributed by atoms with E-state index in [1.807, 2.05) is 55.5 Å². The fourth-order valence-electron chi connectivity index (χ4n) is 1.81. The molecule has 2 rings (SSSR count).